The Bertz CT molecular complexity index is 423. The van der Waals surface area contributed by atoms with Crippen LogP contribution in [0, 0.1) is 0 Å². The summed E-state index contributed by atoms with van der Waals surface area (Å²) in [5.74, 6) is -0.146. The van der Waals surface area contributed by atoms with Gasteiger partial charge in [-0.15, -0.1) is 23.1 Å². The van der Waals surface area contributed by atoms with Crippen molar-refractivity contribution < 1.29 is 19.4 Å². The lowest BCUT2D eigenvalue weighted by Gasteiger charge is -1.97. The summed E-state index contributed by atoms with van der Waals surface area (Å²) in [4.78, 5) is 23.2. The molecule has 0 aliphatic rings. The van der Waals surface area contributed by atoms with Crippen LogP contribution in [0.3, 0.4) is 0 Å². The second-order valence-electron chi connectivity index (χ2n) is 3.04. The maximum Gasteiger partial charge on any atom is 0.328 e. The van der Waals surface area contributed by atoms with Crippen molar-refractivity contribution >= 4 is 41.1 Å². The van der Waals surface area contributed by atoms with Gasteiger partial charge in [0.05, 0.1) is 12.9 Å². The number of hydrogen-bond acceptors (Lipinski definition) is 5. The summed E-state index contributed by atoms with van der Waals surface area (Å²) in [7, 11) is 1.36. The van der Waals surface area contributed by atoms with E-state index in [-0.39, 0.29) is 5.97 Å². The van der Waals surface area contributed by atoms with Gasteiger partial charge in [-0.2, -0.15) is 0 Å². The Morgan fingerprint density at radius 2 is 2.29 bits per heavy atom. The monoisotopic (exact) mass is 272 g/mol. The molecule has 0 aromatic carbocycles. The Balaban J connectivity index is 2.40. The third-order valence-electron chi connectivity index (χ3n) is 1.76. The number of carboxylic acids is 1. The molecule has 0 spiro atoms. The van der Waals surface area contributed by atoms with Gasteiger partial charge in [0.15, 0.2) is 0 Å². The normalized spacial score (nSPS) is 10.6. The number of thioether (sulfide) groups is 1. The van der Waals surface area contributed by atoms with Crippen LogP contribution in [0.2, 0.25) is 0 Å². The minimum absolute atomic E-state index is 0.238. The van der Waals surface area contributed by atoms with E-state index in [1.165, 1.54) is 30.2 Å². The van der Waals surface area contributed by atoms with Crippen LogP contribution in [0.4, 0.5) is 0 Å². The lowest BCUT2D eigenvalue weighted by atomic mass is 10.4. The van der Waals surface area contributed by atoms with Gasteiger partial charge >= 0.3 is 11.9 Å². The van der Waals surface area contributed by atoms with E-state index in [9.17, 15) is 9.59 Å². The highest BCUT2D eigenvalue weighted by Gasteiger charge is 2.02. The number of methoxy groups -OCH3 is 1. The Labute approximate surface area is 107 Å². The molecule has 0 atom stereocenters. The molecule has 0 saturated carbocycles. The minimum Gasteiger partial charge on any atom is -0.478 e. The van der Waals surface area contributed by atoms with Gasteiger partial charge in [0.1, 0.15) is 0 Å². The number of hydrogen-bond donors (Lipinski definition) is 1. The van der Waals surface area contributed by atoms with E-state index in [2.05, 4.69) is 4.74 Å². The van der Waals surface area contributed by atoms with E-state index in [1.807, 2.05) is 12.1 Å². The summed E-state index contributed by atoms with van der Waals surface area (Å²) in [5, 5.41) is 8.47. The molecule has 1 rings (SSSR count). The fraction of sp³-hybridized carbons (Fsp3) is 0.273. The van der Waals surface area contributed by atoms with E-state index in [4.69, 9.17) is 5.11 Å². The van der Waals surface area contributed by atoms with Crippen LogP contribution in [-0.4, -0.2) is 29.9 Å². The average Bonchev–Trinajstić information content (AvgIpc) is 2.74. The van der Waals surface area contributed by atoms with E-state index >= 15 is 0 Å². The lowest BCUT2D eigenvalue weighted by Crippen LogP contribution is -2.02. The van der Waals surface area contributed by atoms with Gasteiger partial charge < -0.3 is 9.84 Å². The molecule has 1 N–H and O–H groups in total. The minimum atomic E-state index is -0.958. The molecule has 92 valence electrons. The first-order chi connectivity index (χ1) is 8.11. The second kappa shape index (κ2) is 7.13. The highest BCUT2D eigenvalue weighted by atomic mass is 32.2. The van der Waals surface area contributed by atoms with Crippen molar-refractivity contribution in [2.75, 3.05) is 12.9 Å². The predicted octanol–water partition coefficient (Wildman–Crippen LogP) is 2.25. The SMILES string of the molecule is COC(=O)CSCc1ccc(C=CC(=O)O)s1. The van der Waals surface area contributed by atoms with E-state index in [0.717, 1.165) is 21.6 Å². The third-order valence-corrected chi connectivity index (χ3v) is 3.95. The molecular weight excluding hydrogens is 260 g/mol. The molecule has 1 aromatic heterocycles. The summed E-state index contributed by atoms with van der Waals surface area (Å²) >= 11 is 2.98. The van der Waals surface area contributed by atoms with Crippen LogP contribution < -0.4 is 0 Å². The van der Waals surface area contributed by atoms with Gasteiger partial charge in [-0.3, -0.25) is 4.79 Å². The number of carboxylic acid groups (broad SMARTS) is 1. The van der Waals surface area contributed by atoms with Crippen LogP contribution in [-0.2, 0) is 20.1 Å². The summed E-state index contributed by atoms with van der Waals surface area (Å²) in [6.07, 6.45) is 2.67. The first kappa shape index (κ1) is 13.8. The number of esters is 1. The van der Waals surface area contributed by atoms with Crippen LogP contribution >= 0.6 is 23.1 Å². The number of ether oxygens (including phenoxy) is 1. The fourth-order valence-electron chi connectivity index (χ4n) is 1.01. The molecule has 0 saturated heterocycles. The molecule has 6 heteroatoms. The van der Waals surface area contributed by atoms with Crippen molar-refractivity contribution in [3.05, 3.63) is 28.0 Å². The molecule has 1 aromatic rings. The van der Waals surface area contributed by atoms with Crippen LogP contribution in [0.5, 0.6) is 0 Å². The van der Waals surface area contributed by atoms with Gasteiger partial charge in [-0.05, 0) is 18.2 Å². The summed E-state index contributed by atoms with van der Waals surface area (Å²) in [6, 6.07) is 3.79. The number of aliphatic carboxylic acids is 1. The Morgan fingerprint density at radius 3 is 2.94 bits per heavy atom. The Hall–Kier alpha value is -1.27. The molecule has 4 nitrogen and oxygen atoms in total. The number of carbonyl (C=O) groups excluding carboxylic acids is 1. The summed E-state index contributed by atoms with van der Waals surface area (Å²) < 4.78 is 4.53. The molecule has 0 radical (unpaired) electrons. The van der Waals surface area contributed by atoms with Crippen molar-refractivity contribution in [3.63, 3.8) is 0 Å². The fourth-order valence-corrected chi connectivity index (χ4v) is 2.89. The van der Waals surface area contributed by atoms with Gasteiger partial charge in [0.2, 0.25) is 0 Å². The van der Waals surface area contributed by atoms with Crippen LogP contribution in [0.1, 0.15) is 9.75 Å². The number of thiophene rings is 1. The zero-order chi connectivity index (χ0) is 12.7. The van der Waals surface area contributed by atoms with Gasteiger partial charge in [0.25, 0.3) is 0 Å². The van der Waals surface area contributed by atoms with Crippen molar-refractivity contribution in [1.82, 2.24) is 0 Å². The molecule has 0 fully saturated rings. The first-order valence-corrected chi connectivity index (χ1v) is 6.73. The van der Waals surface area contributed by atoms with Crippen LogP contribution in [0.15, 0.2) is 18.2 Å². The largest absolute Gasteiger partial charge is 0.478 e. The zero-order valence-electron chi connectivity index (χ0n) is 9.21. The standard InChI is InChI=1S/C11H12O4S2/c1-15-11(14)7-16-6-9-3-2-8(17-9)4-5-10(12)13/h2-5H,6-7H2,1H3,(H,12,13). The number of carbonyl (C=O) groups is 2. The molecule has 1 heterocycles. The second-order valence-corrected chi connectivity index (χ2v) is 5.23. The quantitative estimate of drug-likeness (QED) is 0.635. The van der Waals surface area contributed by atoms with Gasteiger partial charge in [0, 0.05) is 21.6 Å². The van der Waals surface area contributed by atoms with E-state index in [0.29, 0.717) is 5.75 Å². The van der Waals surface area contributed by atoms with Gasteiger partial charge in [-0.1, -0.05) is 0 Å². The third kappa shape index (κ3) is 5.55. The molecule has 0 unspecified atom stereocenters. The maximum absolute atomic E-state index is 10.9. The average molecular weight is 272 g/mol. The molecular formula is C11H12O4S2. The molecule has 0 bridgehead atoms. The smallest absolute Gasteiger partial charge is 0.328 e. The van der Waals surface area contributed by atoms with Crippen molar-refractivity contribution in [1.29, 1.82) is 0 Å². The number of rotatable bonds is 6. The molecule has 0 aliphatic carbocycles. The lowest BCUT2D eigenvalue weighted by molar-refractivity contribution is -0.137. The highest BCUT2D eigenvalue weighted by Crippen LogP contribution is 2.22. The first-order valence-electron chi connectivity index (χ1n) is 4.76. The van der Waals surface area contributed by atoms with Crippen molar-refractivity contribution in [3.8, 4) is 0 Å². The summed E-state index contributed by atoms with van der Waals surface area (Å²) in [5.41, 5.74) is 0. The highest BCUT2D eigenvalue weighted by molar-refractivity contribution is 7.99. The summed E-state index contributed by atoms with van der Waals surface area (Å²) in [6.45, 7) is 0. The van der Waals surface area contributed by atoms with Crippen LogP contribution in [0.25, 0.3) is 6.08 Å². The van der Waals surface area contributed by atoms with Crippen molar-refractivity contribution in [2.24, 2.45) is 0 Å². The Kier molecular flexibility index (Phi) is 5.79. The van der Waals surface area contributed by atoms with E-state index < -0.39 is 5.97 Å². The van der Waals surface area contributed by atoms with Gasteiger partial charge in [-0.25, -0.2) is 4.79 Å². The Morgan fingerprint density at radius 1 is 1.53 bits per heavy atom. The topological polar surface area (TPSA) is 63.6 Å². The predicted molar refractivity (Wildman–Crippen MR) is 69.2 cm³/mol. The molecule has 17 heavy (non-hydrogen) atoms. The molecule has 0 aliphatic heterocycles. The van der Waals surface area contributed by atoms with E-state index in [1.54, 1.807) is 6.08 Å². The maximum atomic E-state index is 10.9. The zero-order valence-corrected chi connectivity index (χ0v) is 10.8. The molecule has 0 amide bonds. The van der Waals surface area contributed by atoms with Crippen molar-refractivity contribution in [2.45, 2.75) is 5.75 Å².